The second-order valence-corrected chi connectivity index (χ2v) is 5.39. The van der Waals surface area contributed by atoms with E-state index in [2.05, 4.69) is 18.7 Å². The summed E-state index contributed by atoms with van der Waals surface area (Å²) in [6, 6.07) is 20.2. The molecule has 0 saturated carbocycles. The zero-order chi connectivity index (χ0) is 14.7. The Balaban J connectivity index is 1.77. The smallest absolute Gasteiger partial charge is 0.334 e. The van der Waals surface area contributed by atoms with Gasteiger partial charge in [0.1, 0.15) is 6.10 Å². The van der Waals surface area contributed by atoms with Gasteiger partial charge in [0.2, 0.25) is 0 Å². The van der Waals surface area contributed by atoms with Gasteiger partial charge in [-0.3, -0.25) is 0 Å². The average molecular weight is 278 g/mol. The Morgan fingerprint density at radius 2 is 1.57 bits per heavy atom. The molecule has 2 atom stereocenters. The fourth-order valence-electron chi connectivity index (χ4n) is 2.84. The molecule has 1 heterocycles. The molecule has 0 aromatic heterocycles. The van der Waals surface area contributed by atoms with E-state index >= 15 is 0 Å². The molecule has 0 radical (unpaired) electrons. The largest absolute Gasteiger partial charge is 0.453 e. The van der Waals surface area contributed by atoms with Gasteiger partial charge in [0.25, 0.3) is 0 Å². The lowest BCUT2D eigenvalue weighted by Gasteiger charge is -2.18. The third-order valence-corrected chi connectivity index (χ3v) is 4.02. The third-order valence-electron chi connectivity index (χ3n) is 4.02. The van der Waals surface area contributed by atoms with Gasteiger partial charge in [0.05, 0.1) is 0 Å². The van der Waals surface area contributed by atoms with E-state index in [0.29, 0.717) is 5.57 Å². The van der Waals surface area contributed by atoms with Crippen LogP contribution in [0.5, 0.6) is 0 Å². The van der Waals surface area contributed by atoms with Crippen LogP contribution < -0.4 is 0 Å². The van der Waals surface area contributed by atoms with Crippen LogP contribution in [-0.4, -0.2) is 5.97 Å². The maximum Gasteiger partial charge on any atom is 0.334 e. The number of benzene rings is 2. The summed E-state index contributed by atoms with van der Waals surface area (Å²) in [7, 11) is 0. The average Bonchev–Trinajstić information content (AvgIpc) is 2.82. The molecular formula is C19H18O2. The molecule has 2 heteroatoms. The maximum absolute atomic E-state index is 11.9. The van der Waals surface area contributed by atoms with Gasteiger partial charge in [-0.15, -0.1) is 0 Å². The zero-order valence-electron chi connectivity index (χ0n) is 11.9. The standard InChI is InChI=1S/C19H18O2/c1-14-17(13-12-15-8-4-2-5-9-15)18(21-19(14)20)16-10-6-3-7-11-16/h2-11,17-18H,1,12-13H2/t17-,18-/m1/s1. The Labute approximate surface area is 125 Å². The van der Waals surface area contributed by atoms with Crippen LogP contribution in [0.15, 0.2) is 72.8 Å². The summed E-state index contributed by atoms with van der Waals surface area (Å²) in [5.74, 6) is -0.206. The normalized spacial score (nSPS) is 21.3. The molecule has 1 aliphatic heterocycles. The van der Waals surface area contributed by atoms with Crippen LogP contribution in [0.3, 0.4) is 0 Å². The van der Waals surface area contributed by atoms with Crippen LogP contribution in [0.25, 0.3) is 0 Å². The predicted molar refractivity (Wildman–Crippen MR) is 82.7 cm³/mol. The summed E-state index contributed by atoms with van der Waals surface area (Å²) in [6.07, 6.45) is 1.59. The number of rotatable bonds is 4. The molecule has 106 valence electrons. The molecule has 2 aromatic rings. The zero-order valence-corrected chi connectivity index (χ0v) is 11.9. The minimum atomic E-state index is -0.262. The first-order chi connectivity index (χ1) is 10.3. The second-order valence-electron chi connectivity index (χ2n) is 5.39. The summed E-state index contributed by atoms with van der Waals surface area (Å²) >= 11 is 0. The summed E-state index contributed by atoms with van der Waals surface area (Å²) in [6.45, 7) is 3.93. The van der Waals surface area contributed by atoms with Crippen LogP contribution >= 0.6 is 0 Å². The molecule has 0 bridgehead atoms. The highest BCUT2D eigenvalue weighted by Gasteiger charge is 2.38. The van der Waals surface area contributed by atoms with Crippen molar-refractivity contribution in [2.45, 2.75) is 18.9 Å². The van der Waals surface area contributed by atoms with Gasteiger partial charge >= 0.3 is 5.97 Å². The van der Waals surface area contributed by atoms with E-state index in [-0.39, 0.29) is 18.0 Å². The van der Waals surface area contributed by atoms with Crippen LogP contribution in [-0.2, 0) is 16.0 Å². The van der Waals surface area contributed by atoms with Crippen LogP contribution in [0.2, 0.25) is 0 Å². The Morgan fingerprint density at radius 3 is 2.24 bits per heavy atom. The minimum absolute atomic E-state index is 0.0557. The van der Waals surface area contributed by atoms with Gasteiger partial charge in [-0.1, -0.05) is 67.2 Å². The van der Waals surface area contributed by atoms with Gasteiger partial charge in [0.15, 0.2) is 0 Å². The van der Waals surface area contributed by atoms with Gasteiger partial charge < -0.3 is 4.74 Å². The molecule has 1 fully saturated rings. The van der Waals surface area contributed by atoms with E-state index in [1.165, 1.54) is 5.56 Å². The molecular weight excluding hydrogens is 260 g/mol. The molecule has 0 unspecified atom stereocenters. The summed E-state index contributed by atoms with van der Waals surface area (Å²) in [4.78, 5) is 11.9. The quantitative estimate of drug-likeness (QED) is 0.622. The number of esters is 1. The maximum atomic E-state index is 11.9. The topological polar surface area (TPSA) is 26.3 Å². The highest BCUT2D eigenvalue weighted by atomic mass is 16.6. The van der Waals surface area contributed by atoms with Gasteiger partial charge in [-0.2, -0.15) is 0 Å². The molecule has 1 aliphatic rings. The van der Waals surface area contributed by atoms with Crippen molar-refractivity contribution in [1.82, 2.24) is 0 Å². The van der Waals surface area contributed by atoms with Crippen molar-refractivity contribution in [2.24, 2.45) is 5.92 Å². The van der Waals surface area contributed by atoms with Gasteiger partial charge in [-0.25, -0.2) is 4.79 Å². The lowest BCUT2D eigenvalue weighted by Crippen LogP contribution is -2.09. The van der Waals surface area contributed by atoms with E-state index in [4.69, 9.17) is 4.74 Å². The molecule has 1 saturated heterocycles. The Morgan fingerprint density at radius 1 is 0.952 bits per heavy atom. The number of aryl methyl sites for hydroxylation is 1. The van der Waals surface area contributed by atoms with E-state index in [1.807, 2.05) is 48.5 Å². The Bertz CT molecular complexity index is 631. The number of carbonyl (C=O) groups excluding carboxylic acids is 1. The van der Waals surface area contributed by atoms with Crippen molar-refractivity contribution >= 4 is 5.97 Å². The molecule has 3 rings (SSSR count). The fourth-order valence-corrected chi connectivity index (χ4v) is 2.84. The Kier molecular flexibility index (Phi) is 3.87. The number of ether oxygens (including phenoxy) is 1. The first-order valence-electron chi connectivity index (χ1n) is 7.24. The highest BCUT2D eigenvalue weighted by molar-refractivity contribution is 5.90. The molecule has 21 heavy (non-hydrogen) atoms. The van der Waals surface area contributed by atoms with Crippen molar-refractivity contribution in [3.8, 4) is 0 Å². The number of carbonyl (C=O) groups is 1. The number of hydrogen-bond donors (Lipinski definition) is 0. The Hall–Kier alpha value is -2.35. The predicted octanol–water partition coefficient (Wildman–Crippen LogP) is 4.09. The third kappa shape index (κ3) is 2.89. The molecule has 0 aliphatic carbocycles. The SMILES string of the molecule is C=C1C(=O)O[C@H](c2ccccc2)[C@@H]1CCc1ccccc1. The molecule has 0 spiro atoms. The molecule has 0 amide bonds. The summed E-state index contributed by atoms with van der Waals surface area (Å²) < 4.78 is 5.52. The van der Waals surface area contributed by atoms with E-state index in [1.54, 1.807) is 0 Å². The van der Waals surface area contributed by atoms with Crippen molar-refractivity contribution < 1.29 is 9.53 Å². The fraction of sp³-hybridized carbons (Fsp3) is 0.211. The van der Waals surface area contributed by atoms with E-state index in [0.717, 1.165) is 18.4 Å². The van der Waals surface area contributed by atoms with Crippen LogP contribution in [0.1, 0.15) is 23.7 Å². The van der Waals surface area contributed by atoms with Crippen molar-refractivity contribution in [1.29, 1.82) is 0 Å². The lowest BCUT2D eigenvalue weighted by molar-refractivity contribution is -0.139. The van der Waals surface area contributed by atoms with Gasteiger partial charge in [-0.05, 0) is 24.0 Å². The number of hydrogen-bond acceptors (Lipinski definition) is 2. The van der Waals surface area contributed by atoms with Gasteiger partial charge in [0, 0.05) is 11.5 Å². The second kappa shape index (κ2) is 5.96. The van der Waals surface area contributed by atoms with Crippen molar-refractivity contribution in [3.05, 3.63) is 83.9 Å². The van der Waals surface area contributed by atoms with E-state index in [9.17, 15) is 4.79 Å². The van der Waals surface area contributed by atoms with Crippen LogP contribution in [0, 0.1) is 5.92 Å². The molecule has 2 nitrogen and oxygen atoms in total. The summed E-state index contributed by atoms with van der Waals surface area (Å²) in [5.41, 5.74) is 2.92. The van der Waals surface area contributed by atoms with Crippen molar-refractivity contribution in [3.63, 3.8) is 0 Å². The van der Waals surface area contributed by atoms with Crippen LogP contribution in [0.4, 0.5) is 0 Å². The minimum Gasteiger partial charge on any atom is -0.453 e. The first-order valence-corrected chi connectivity index (χ1v) is 7.24. The lowest BCUT2D eigenvalue weighted by atomic mass is 9.87. The monoisotopic (exact) mass is 278 g/mol. The van der Waals surface area contributed by atoms with Crippen molar-refractivity contribution in [2.75, 3.05) is 0 Å². The highest BCUT2D eigenvalue weighted by Crippen LogP contribution is 2.40. The molecule has 0 N–H and O–H groups in total. The number of cyclic esters (lactones) is 1. The summed E-state index contributed by atoms with van der Waals surface area (Å²) in [5, 5.41) is 0. The molecule has 2 aromatic carbocycles. The van der Waals surface area contributed by atoms with E-state index < -0.39 is 0 Å². The first kappa shape index (κ1) is 13.6.